The molecule has 1 aliphatic rings. The molecule has 1 rings (SSSR count). The second-order valence-electron chi connectivity index (χ2n) is 3.09. The van der Waals surface area contributed by atoms with Crippen LogP contribution >= 0.6 is 0 Å². The highest BCUT2D eigenvalue weighted by Gasteiger charge is 2.26. The molecule has 5 heteroatoms. The Kier molecular flexibility index (Phi) is 5.50. The molecule has 0 bridgehead atoms. The minimum absolute atomic E-state index is 0.250. The molecule has 0 aromatic heterocycles. The third-order valence-corrected chi connectivity index (χ3v) is 1.67. The molecular formula is C8H15NO4. The van der Waals surface area contributed by atoms with E-state index in [0.29, 0.717) is 6.04 Å². The van der Waals surface area contributed by atoms with Crippen molar-refractivity contribution in [3.05, 3.63) is 0 Å². The van der Waals surface area contributed by atoms with Gasteiger partial charge >= 0.3 is 6.15 Å². The zero-order chi connectivity index (χ0) is 10.3. The topological polar surface area (TPSA) is 64.6 Å². The Morgan fingerprint density at radius 2 is 1.69 bits per heavy atom. The number of likely N-dealkylation sites (N-methyl/N-ethyl adjacent to an activating group) is 1. The molecule has 1 aliphatic heterocycles. The first-order valence-corrected chi connectivity index (χ1v) is 4.00. The molecular weight excluding hydrogens is 174 g/mol. The lowest BCUT2D eigenvalue weighted by Gasteiger charge is -2.34. The predicted octanol–water partition coefficient (Wildman–Crippen LogP) is -0.226. The first-order valence-electron chi connectivity index (χ1n) is 4.00. The van der Waals surface area contributed by atoms with E-state index in [0.717, 1.165) is 13.2 Å². The van der Waals surface area contributed by atoms with Crippen LogP contribution in [-0.2, 0) is 19.1 Å². The Morgan fingerprint density at radius 1 is 1.31 bits per heavy atom. The molecule has 0 radical (unpaired) electrons. The summed E-state index contributed by atoms with van der Waals surface area (Å²) in [7, 11) is 1.91. The van der Waals surface area contributed by atoms with Gasteiger partial charge in [0, 0.05) is 0 Å². The average molecular weight is 189 g/mol. The summed E-state index contributed by atoms with van der Waals surface area (Å²) < 4.78 is 10.8. The Balaban J connectivity index is 0.000000424. The van der Waals surface area contributed by atoms with Crippen molar-refractivity contribution in [2.24, 2.45) is 0 Å². The summed E-state index contributed by atoms with van der Waals surface area (Å²) in [6, 6.07) is 0.355. The molecule has 1 N–H and O–H groups in total. The quantitative estimate of drug-likeness (QED) is 0.617. The van der Waals surface area contributed by atoms with Crippen molar-refractivity contribution < 1.29 is 19.1 Å². The highest BCUT2D eigenvalue weighted by molar-refractivity contribution is 5.20. The van der Waals surface area contributed by atoms with Crippen LogP contribution in [0.1, 0.15) is 13.8 Å². The molecule has 13 heavy (non-hydrogen) atoms. The zero-order valence-corrected chi connectivity index (χ0v) is 8.12. The number of rotatable bonds is 1. The summed E-state index contributed by atoms with van der Waals surface area (Å²) in [5, 5.41) is 3.09. The van der Waals surface area contributed by atoms with Gasteiger partial charge in [-0.05, 0) is 20.9 Å². The third-order valence-electron chi connectivity index (χ3n) is 1.67. The van der Waals surface area contributed by atoms with Crippen molar-refractivity contribution >= 4 is 6.15 Å². The minimum atomic E-state index is -0.382. The lowest BCUT2D eigenvalue weighted by atomic mass is 10.2. The molecule has 0 aromatic carbocycles. The maximum Gasteiger partial charge on any atom is 0.373 e. The maximum absolute atomic E-state index is 8.12. The standard InChI is InChI=1S/C7H15NO2.CO2/c1-7(2)9-4-6(8-3)5-10-7;2-1-3/h6,8H,4-5H2,1-3H3;. The number of ether oxygens (including phenoxy) is 2. The number of carbonyl (C=O) groups excluding carboxylic acids is 2. The van der Waals surface area contributed by atoms with E-state index in [1.807, 2.05) is 20.9 Å². The van der Waals surface area contributed by atoms with Crippen LogP contribution in [0.25, 0.3) is 0 Å². The van der Waals surface area contributed by atoms with Gasteiger partial charge in [-0.2, -0.15) is 9.59 Å². The van der Waals surface area contributed by atoms with E-state index >= 15 is 0 Å². The summed E-state index contributed by atoms with van der Waals surface area (Å²) >= 11 is 0. The van der Waals surface area contributed by atoms with Gasteiger partial charge in [0.1, 0.15) is 0 Å². The summed E-state index contributed by atoms with van der Waals surface area (Å²) in [6.07, 6.45) is 0.250. The van der Waals surface area contributed by atoms with Gasteiger partial charge < -0.3 is 14.8 Å². The maximum atomic E-state index is 8.12. The lowest BCUT2D eigenvalue weighted by molar-refractivity contribution is -0.252. The van der Waals surface area contributed by atoms with Gasteiger partial charge in [0.25, 0.3) is 0 Å². The molecule has 1 saturated heterocycles. The second-order valence-corrected chi connectivity index (χ2v) is 3.09. The van der Waals surface area contributed by atoms with Gasteiger partial charge in [-0.3, -0.25) is 0 Å². The highest BCUT2D eigenvalue weighted by atomic mass is 16.7. The van der Waals surface area contributed by atoms with Gasteiger partial charge in [-0.15, -0.1) is 0 Å². The lowest BCUT2D eigenvalue weighted by Crippen LogP contribution is -2.47. The molecule has 76 valence electrons. The van der Waals surface area contributed by atoms with Crippen molar-refractivity contribution in [2.75, 3.05) is 20.3 Å². The molecule has 1 fully saturated rings. The largest absolute Gasteiger partial charge is 0.373 e. The number of hydrogen-bond acceptors (Lipinski definition) is 5. The van der Waals surface area contributed by atoms with Crippen LogP contribution in [0.3, 0.4) is 0 Å². The molecule has 5 nitrogen and oxygen atoms in total. The zero-order valence-electron chi connectivity index (χ0n) is 8.12. The van der Waals surface area contributed by atoms with E-state index in [-0.39, 0.29) is 11.9 Å². The smallest absolute Gasteiger partial charge is 0.349 e. The average Bonchev–Trinajstić information content (AvgIpc) is 2.06. The van der Waals surface area contributed by atoms with Gasteiger partial charge in [0.15, 0.2) is 5.79 Å². The SMILES string of the molecule is CNC1COC(C)(C)OC1.O=C=O. The van der Waals surface area contributed by atoms with Crippen molar-refractivity contribution in [3.63, 3.8) is 0 Å². The summed E-state index contributed by atoms with van der Waals surface area (Å²) in [5.74, 6) is -0.382. The van der Waals surface area contributed by atoms with Crippen molar-refractivity contribution in [2.45, 2.75) is 25.7 Å². The molecule has 0 amide bonds. The van der Waals surface area contributed by atoms with Crippen LogP contribution < -0.4 is 5.32 Å². The van der Waals surface area contributed by atoms with Gasteiger partial charge in [0.05, 0.1) is 19.3 Å². The number of hydrogen-bond donors (Lipinski definition) is 1. The van der Waals surface area contributed by atoms with Crippen molar-refractivity contribution in [1.82, 2.24) is 5.32 Å². The van der Waals surface area contributed by atoms with Gasteiger partial charge in [0.2, 0.25) is 0 Å². The fourth-order valence-electron chi connectivity index (χ4n) is 0.859. The molecule has 0 aliphatic carbocycles. The van der Waals surface area contributed by atoms with Crippen LogP contribution in [0.4, 0.5) is 0 Å². The van der Waals surface area contributed by atoms with Gasteiger partial charge in [-0.25, -0.2) is 0 Å². The van der Waals surface area contributed by atoms with E-state index in [2.05, 4.69) is 5.32 Å². The van der Waals surface area contributed by atoms with E-state index in [1.54, 1.807) is 0 Å². The molecule has 0 saturated carbocycles. The first kappa shape index (κ1) is 12.3. The summed E-state index contributed by atoms with van der Waals surface area (Å²) in [6.45, 7) is 5.34. The molecule has 0 spiro atoms. The van der Waals surface area contributed by atoms with Crippen LogP contribution in [0, 0.1) is 0 Å². The third kappa shape index (κ3) is 5.49. The van der Waals surface area contributed by atoms with Gasteiger partial charge in [-0.1, -0.05) is 0 Å². The normalized spacial score (nSPS) is 21.2. The van der Waals surface area contributed by atoms with E-state index in [1.165, 1.54) is 0 Å². The molecule has 0 unspecified atom stereocenters. The first-order chi connectivity index (χ1) is 6.05. The fourth-order valence-corrected chi connectivity index (χ4v) is 0.859. The van der Waals surface area contributed by atoms with Crippen LogP contribution in [-0.4, -0.2) is 38.2 Å². The number of nitrogens with one attached hydrogen (secondary N) is 1. The van der Waals surface area contributed by atoms with Crippen LogP contribution in [0.5, 0.6) is 0 Å². The molecule has 0 aromatic rings. The Hall–Kier alpha value is -0.740. The molecule has 0 atom stereocenters. The van der Waals surface area contributed by atoms with E-state index in [9.17, 15) is 0 Å². The second kappa shape index (κ2) is 5.83. The van der Waals surface area contributed by atoms with Crippen molar-refractivity contribution in [1.29, 1.82) is 0 Å². The van der Waals surface area contributed by atoms with Crippen molar-refractivity contribution in [3.8, 4) is 0 Å². The minimum Gasteiger partial charge on any atom is -0.349 e. The van der Waals surface area contributed by atoms with E-state index < -0.39 is 0 Å². The Morgan fingerprint density at radius 3 is 2.00 bits per heavy atom. The van der Waals surface area contributed by atoms with Crippen LogP contribution in [0.2, 0.25) is 0 Å². The van der Waals surface area contributed by atoms with Crippen LogP contribution in [0.15, 0.2) is 0 Å². The van der Waals surface area contributed by atoms with E-state index in [4.69, 9.17) is 19.1 Å². The Bertz CT molecular complexity index is 165. The fraction of sp³-hybridized carbons (Fsp3) is 0.875. The summed E-state index contributed by atoms with van der Waals surface area (Å²) in [5.41, 5.74) is 0. The summed E-state index contributed by atoms with van der Waals surface area (Å²) in [4.78, 5) is 16.2. The molecule has 1 heterocycles. The predicted molar refractivity (Wildman–Crippen MR) is 43.8 cm³/mol. The highest BCUT2D eigenvalue weighted by Crippen LogP contribution is 2.16. The Labute approximate surface area is 77.4 Å². The monoisotopic (exact) mass is 189 g/mol.